The van der Waals surface area contributed by atoms with Crippen molar-refractivity contribution in [3.8, 4) is 5.75 Å². The Labute approximate surface area is 150 Å². The SMILES string of the molecule is O=C(CCC1CCCC1)N[C@H](c1ccc2c(c1)CCO2)C1CC(O)C1. The normalized spacial score (nSPS) is 26.6. The summed E-state index contributed by atoms with van der Waals surface area (Å²) in [5.74, 6) is 2.22. The molecule has 0 spiro atoms. The molecule has 1 heterocycles. The van der Waals surface area contributed by atoms with Gasteiger partial charge in [0, 0.05) is 12.8 Å². The predicted molar refractivity (Wildman–Crippen MR) is 96.4 cm³/mol. The summed E-state index contributed by atoms with van der Waals surface area (Å²) in [6, 6.07) is 6.32. The fourth-order valence-electron chi connectivity index (χ4n) is 4.66. The summed E-state index contributed by atoms with van der Waals surface area (Å²) in [5, 5.41) is 13.0. The molecule has 1 aromatic rings. The first-order chi connectivity index (χ1) is 12.2. The monoisotopic (exact) mass is 343 g/mol. The van der Waals surface area contributed by atoms with E-state index in [1.807, 2.05) is 6.07 Å². The first-order valence-corrected chi connectivity index (χ1v) is 9.92. The van der Waals surface area contributed by atoms with Crippen LogP contribution >= 0.6 is 0 Å². The van der Waals surface area contributed by atoms with E-state index in [0.717, 1.165) is 49.5 Å². The van der Waals surface area contributed by atoms with Crippen LogP contribution in [-0.2, 0) is 11.2 Å². The molecule has 4 rings (SSSR count). The van der Waals surface area contributed by atoms with Gasteiger partial charge in [-0.2, -0.15) is 0 Å². The molecule has 1 atom stereocenters. The Morgan fingerprint density at radius 2 is 2.08 bits per heavy atom. The highest BCUT2D eigenvalue weighted by atomic mass is 16.5. The smallest absolute Gasteiger partial charge is 0.220 e. The van der Waals surface area contributed by atoms with Crippen LogP contribution < -0.4 is 10.1 Å². The summed E-state index contributed by atoms with van der Waals surface area (Å²) in [7, 11) is 0. The zero-order valence-electron chi connectivity index (χ0n) is 14.9. The third-order valence-electron chi connectivity index (χ3n) is 6.26. The number of rotatable bonds is 6. The Balaban J connectivity index is 1.42. The molecule has 0 aromatic heterocycles. The number of carbonyl (C=O) groups is 1. The Bertz CT molecular complexity index is 618. The van der Waals surface area contributed by atoms with Crippen molar-refractivity contribution in [3.05, 3.63) is 29.3 Å². The van der Waals surface area contributed by atoms with Gasteiger partial charge in [0.15, 0.2) is 0 Å². The lowest BCUT2D eigenvalue weighted by Gasteiger charge is -2.38. The first-order valence-electron chi connectivity index (χ1n) is 9.92. The van der Waals surface area contributed by atoms with Crippen molar-refractivity contribution in [1.82, 2.24) is 5.32 Å². The van der Waals surface area contributed by atoms with Crippen LogP contribution in [0.15, 0.2) is 18.2 Å². The maximum absolute atomic E-state index is 12.5. The molecule has 3 aliphatic rings. The molecule has 1 aliphatic heterocycles. The Hall–Kier alpha value is -1.55. The minimum atomic E-state index is -0.208. The molecule has 4 nitrogen and oxygen atoms in total. The molecular weight excluding hydrogens is 314 g/mol. The maximum Gasteiger partial charge on any atom is 0.220 e. The molecule has 2 fully saturated rings. The topological polar surface area (TPSA) is 58.6 Å². The minimum absolute atomic E-state index is 0.0189. The number of aliphatic hydroxyl groups is 1. The molecule has 2 saturated carbocycles. The van der Waals surface area contributed by atoms with Crippen molar-refractivity contribution < 1.29 is 14.6 Å². The number of carbonyl (C=O) groups excluding carboxylic acids is 1. The zero-order valence-corrected chi connectivity index (χ0v) is 14.9. The molecule has 1 aromatic carbocycles. The van der Waals surface area contributed by atoms with E-state index in [0.29, 0.717) is 12.3 Å². The molecule has 25 heavy (non-hydrogen) atoms. The number of amides is 1. The minimum Gasteiger partial charge on any atom is -0.493 e. The van der Waals surface area contributed by atoms with Gasteiger partial charge in [-0.15, -0.1) is 0 Å². The Morgan fingerprint density at radius 1 is 1.28 bits per heavy atom. The number of ether oxygens (including phenoxy) is 1. The second kappa shape index (κ2) is 7.36. The number of hydrogen-bond donors (Lipinski definition) is 2. The lowest BCUT2D eigenvalue weighted by molar-refractivity contribution is -0.123. The molecule has 0 radical (unpaired) electrons. The third-order valence-corrected chi connectivity index (χ3v) is 6.26. The fourth-order valence-corrected chi connectivity index (χ4v) is 4.66. The fraction of sp³-hybridized carbons (Fsp3) is 0.667. The summed E-state index contributed by atoms with van der Waals surface area (Å²) < 4.78 is 5.60. The van der Waals surface area contributed by atoms with Crippen molar-refractivity contribution in [1.29, 1.82) is 0 Å². The van der Waals surface area contributed by atoms with Crippen LogP contribution in [0.4, 0.5) is 0 Å². The summed E-state index contributed by atoms with van der Waals surface area (Å²) >= 11 is 0. The zero-order chi connectivity index (χ0) is 17.2. The van der Waals surface area contributed by atoms with E-state index in [2.05, 4.69) is 17.4 Å². The molecule has 0 unspecified atom stereocenters. The molecule has 2 aliphatic carbocycles. The molecule has 0 bridgehead atoms. The molecular formula is C21H29NO3. The summed E-state index contributed by atoms with van der Waals surface area (Å²) in [6.07, 6.45) is 9.17. The van der Waals surface area contributed by atoms with Gasteiger partial charge in [0.2, 0.25) is 5.91 Å². The average Bonchev–Trinajstić information content (AvgIpc) is 3.25. The van der Waals surface area contributed by atoms with Gasteiger partial charge in [0.05, 0.1) is 18.8 Å². The van der Waals surface area contributed by atoms with Gasteiger partial charge in [0.1, 0.15) is 5.75 Å². The highest BCUT2D eigenvalue weighted by molar-refractivity contribution is 5.76. The van der Waals surface area contributed by atoms with Gasteiger partial charge in [-0.25, -0.2) is 0 Å². The van der Waals surface area contributed by atoms with Gasteiger partial charge in [-0.1, -0.05) is 31.7 Å². The highest BCUT2D eigenvalue weighted by Gasteiger charge is 2.36. The second-order valence-electron chi connectivity index (χ2n) is 8.09. The number of aliphatic hydroxyl groups excluding tert-OH is 1. The van der Waals surface area contributed by atoms with E-state index in [4.69, 9.17) is 4.74 Å². The molecule has 4 heteroatoms. The summed E-state index contributed by atoms with van der Waals surface area (Å²) in [6.45, 7) is 0.749. The van der Waals surface area contributed by atoms with Crippen LogP contribution in [0.25, 0.3) is 0 Å². The van der Waals surface area contributed by atoms with Gasteiger partial charge >= 0.3 is 0 Å². The number of hydrogen-bond acceptors (Lipinski definition) is 3. The second-order valence-corrected chi connectivity index (χ2v) is 8.09. The van der Waals surface area contributed by atoms with Crippen molar-refractivity contribution in [2.24, 2.45) is 11.8 Å². The number of fused-ring (bicyclic) bond motifs is 1. The quantitative estimate of drug-likeness (QED) is 0.831. The standard InChI is InChI=1S/C21H29NO3/c23-18-12-17(13-18)21(16-6-7-19-15(11-16)9-10-25-19)22-20(24)8-5-14-3-1-2-4-14/h6-7,11,14,17-18,21,23H,1-5,8-10,12-13H2,(H,22,24)/t17?,18?,21-/m1/s1. The van der Waals surface area contributed by atoms with E-state index in [-0.39, 0.29) is 18.1 Å². The first kappa shape index (κ1) is 16.9. The number of nitrogens with one attached hydrogen (secondary N) is 1. The predicted octanol–water partition coefficient (Wildman–Crippen LogP) is 3.52. The van der Waals surface area contributed by atoms with E-state index in [9.17, 15) is 9.90 Å². The molecule has 1 amide bonds. The number of benzene rings is 1. The van der Waals surface area contributed by atoms with Crippen LogP contribution in [0.5, 0.6) is 5.75 Å². The van der Waals surface area contributed by atoms with Gasteiger partial charge in [-0.3, -0.25) is 4.79 Å². The van der Waals surface area contributed by atoms with Crippen molar-refractivity contribution in [3.63, 3.8) is 0 Å². The molecule has 136 valence electrons. The van der Waals surface area contributed by atoms with Crippen LogP contribution in [0.2, 0.25) is 0 Å². The van der Waals surface area contributed by atoms with E-state index in [1.54, 1.807) is 0 Å². The molecule has 0 saturated heterocycles. The van der Waals surface area contributed by atoms with Crippen LogP contribution in [0, 0.1) is 11.8 Å². The third kappa shape index (κ3) is 3.84. The van der Waals surface area contributed by atoms with E-state index < -0.39 is 0 Å². The van der Waals surface area contributed by atoms with E-state index in [1.165, 1.54) is 31.2 Å². The van der Waals surface area contributed by atoms with Crippen molar-refractivity contribution in [2.45, 2.75) is 69.9 Å². The maximum atomic E-state index is 12.5. The van der Waals surface area contributed by atoms with Crippen molar-refractivity contribution in [2.75, 3.05) is 6.61 Å². The summed E-state index contributed by atoms with van der Waals surface area (Å²) in [4.78, 5) is 12.5. The average molecular weight is 343 g/mol. The van der Waals surface area contributed by atoms with Crippen LogP contribution in [0.1, 0.15) is 68.5 Å². The highest BCUT2D eigenvalue weighted by Crippen LogP contribution is 2.40. The lowest BCUT2D eigenvalue weighted by atomic mass is 9.74. The van der Waals surface area contributed by atoms with Gasteiger partial charge < -0.3 is 15.2 Å². The molecule has 2 N–H and O–H groups in total. The van der Waals surface area contributed by atoms with Gasteiger partial charge in [-0.05, 0) is 54.4 Å². The van der Waals surface area contributed by atoms with Crippen molar-refractivity contribution >= 4 is 5.91 Å². The van der Waals surface area contributed by atoms with E-state index >= 15 is 0 Å². The largest absolute Gasteiger partial charge is 0.493 e. The van der Waals surface area contributed by atoms with Crippen LogP contribution in [0.3, 0.4) is 0 Å². The Morgan fingerprint density at radius 3 is 2.84 bits per heavy atom. The van der Waals surface area contributed by atoms with Crippen LogP contribution in [-0.4, -0.2) is 23.7 Å². The lowest BCUT2D eigenvalue weighted by Crippen LogP contribution is -2.41. The van der Waals surface area contributed by atoms with Gasteiger partial charge in [0.25, 0.3) is 0 Å². The Kier molecular flexibility index (Phi) is 4.98. The summed E-state index contributed by atoms with van der Waals surface area (Å²) in [5.41, 5.74) is 2.40.